The van der Waals surface area contributed by atoms with Crippen LogP contribution in [0.15, 0.2) is 36.7 Å². The number of pyridine rings is 1. The Hall–Kier alpha value is -2.22. The van der Waals surface area contributed by atoms with Crippen molar-refractivity contribution >= 4 is 5.91 Å². The van der Waals surface area contributed by atoms with Gasteiger partial charge in [0.1, 0.15) is 6.04 Å². The number of hydrogen-bond acceptors (Lipinski definition) is 5. The molecule has 0 spiro atoms. The summed E-state index contributed by atoms with van der Waals surface area (Å²) in [6.45, 7) is 6.29. The molecule has 2 aromatic rings. The first-order chi connectivity index (χ1) is 13.1. The molecule has 0 radical (unpaired) electrons. The minimum absolute atomic E-state index is 0.158. The lowest BCUT2D eigenvalue weighted by Crippen LogP contribution is -2.53. The van der Waals surface area contributed by atoms with Crippen LogP contribution in [0, 0.1) is 6.92 Å². The average Bonchev–Trinajstić information content (AvgIpc) is 3.32. The van der Waals surface area contributed by atoms with E-state index in [2.05, 4.69) is 44.4 Å². The molecular formula is C20H28N6O. The Morgan fingerprint density at radius 3 is 2.70 bits per heavy atom. The maximum absolute atomic E-state index is 12.9. The predicted molar refractivity (Wildman–Crippen MR) is 104 cm³/mol. The molecule has 2 N–H and O–H groups in total. The van der Waals surface area contributed by atoms with E-state index in [1.165, 1.54) is 11.3 Å². The van der Waals surface area contributed by atoms with E-state index in [0.717, 1.165) is 44.8 Å². The van der Waals surface area contributed by atoms with Crippen LogP contribution in [0.5, 0.6) is 0 Å². The number of rotatable bonds is 4. The fourth-order valence-electron chi connectivity index (χ4n) is 3.99. The molecule has 2 unspecified atom stereocenters. The van der Waals surface area contributed by atoms with Crippen LogP contribution < -0.4 is 10.9 Å². The number of hydrazine groups is 1. The second-order valence-electron chi connectivity index (χ2n) is 7.54. The molecule has 1 amide bonds. The minimum atomic E-state index is -0.158. The molecular weight excluding hydrogens is 340 g/mol. The summed E-state index contributed by atoms with van der Waals surface area (Å²) in [5.74, 6) is 0.202. The zero-order valence-electron chi connectivity index (χ0n) is 16.1. The van der Waals surface area contributed by atoms with Gasteiger partial charge in [-0.15, -0.1) is 0 Å². The van der Waals surface area contributed by atoms with Crippen LogP contribution in [0.25, 0.3) is 0 Å². The number of hydrogen-bond donors (Lipinski definition) is 2. The normalized spacial score (nSPS) is 23.7. The summed E-state index contributed by atoms with van der Waals surface area (Å²) in [6.07, 6.45) is 4.67. The van der Waals surface area contributed by atoms with Crippen molar-refractivity contribution in [3.63, 3.8) is 0 Å². The van der Waals surface area contributed by atoms with E-state index in [1.54, 1.807) is 0 Å². The molecule has 0 saturated carbocycles. The van der Waals surface area contributed by atoms with Gasteiger partial charge in [-0.2, -0.15) is 0 Å². The van der Waals surface area contributed by atoms with Gasteiger partial charge in [-0.3, -0.25) is 14.7 Å². The third-order valence-electron chi connectivity index (χ3n) is 5.72. The Kier molecular flexibility index (Phi) is 5.24. The van der Waals surface area contributed by atoms with Gasteiger partial charge >= 0.3 is 0 Å². The van der Waals surface area contributed by atoms with E-state index in [-0.39, 0.29) is 18.0 Å². The number of aryl methyl sites for hydroxylation is 2. The first kappa shape index (κ1) is 18.2. The number of carbonyl (C=O) groups excluding carboxylic acids is 1. The second-order valence-corrected chi connectivity index (χ2v) is 7.54. The zero-order chi connectivity index (χ0) is 18.8. The lowest BCUT2D eigenvalue weighted by atomic mass is 10.1. The first-order valence-electron chi connectivity index (χ1n) is 9.66. The molecule has 144 valence electrons. The summed E-state index contributed by atoms with van der Waals surface area (Å²) in [5, 5.41) is 0. The van der Waals surface area contributed by atoms with Crippen LogP contribution >= 0.6 is 0 Å². The van der Waals surface area contributed by atoms with Crippen molar-refractivity contribution in [2.45, 2.75) is 32.0 Å². The molecule has 0 aromatic carbocycles. The van der Waals surface area contributed by atoms with E-state index in [9.17, 15) is 4.79 Å². The van der Waals surface area contributed by atoms with Crippen molar-refractivity contribution in [1.82, 2.24) is 30.2 Å². The Labute approximate surface area is 160 Å². The molecule has 2 fully saturated rings. The molecule has 2 atom stereocenters. The number of nitrogens with one attached hydrogen (secondary N) is 2. The maximum Gasteiger partial charge on any atom is 0.241 e. The summed E-state index contributed by atoms with van der Waals surface area (Å²) in [4.78, 5) is 21.8. The van der Waals surface area contributed by atoms with Gasteiger partial charge in [-0.25, -0.2) is 10.9 Å². The lowest BCUT2D eigenvalue weighted by Gasteiger charge is -2.35. The van der Waals surface area contributed by atoms with Crippen molar-refractivity contribution in [2.24, 2.45) is 7.05 Å². The Balaban J connectivity index is 1.29. The summed E-state index contributed by atoms with van der Waals surface area (Å²) < 4.78 is 2.10. The third-order valence-corrected chi connectivity index (χ3v) is 5.72. The van der Waals surface area contributed by atoms with E-state index in [1.807, 2.05) is 36.5 Å². The highest BCUT2D eigenvalue weighted by Crippen LogP contribution is 2.23. The van der Waals surface area contributed by atoms with Crippen molar-refractivity contribution in [1.29, 1.82) is 0 Å². The summed E-state index contributed by atoms with van der Waals surface area (Å²) in [5.41, 5.74) is 10.0. The van der Waals surface area contributed by atoms with Gasteiger partial charge in [0.25, 0.3) is 0 Å². The number of carbonyl (C=O) groups is 1. The molecule has 0 bridgehead atoms. The molecule has 4 rings (SSSR count). The van der Waals surface area contributed by atoms with Gasteiger partial charge < -0.3 is 9.47 Å². The predicted octanol–water partition coefficient (Wildman–Crippen LogP) is 0.981. The molecule has 27 heavy (non-hydrogen) atoms. The number of nitrogens with zero attached hydrogens (tertiary/aromatic N) is 4. The quantitative estimate of drug-likeness (QED) is 0.842. The van der Waals surface area contributed by atoms with Gasteiger partial charge in [0.15, 0.2) is 0 Å². The van der Waals surface area contributed by atoms with Gasteiger partial charge in [-0.05, 0) is 37.1 Å². The van der Waals surface area contributed by atoms with Crippen LogP contribution in [0.4, 0.5) is 0 Å². The number of aromatic nitrogens is 2. The zero-order valence-corrected chi connectivity index (χ0v) is 16.1. The topological polar surface area (TPSA) is 65.4 Å². The van der Waals surface area contributed by atoms with Crippen molar-refractivity contribution in [2.75, 3.05) is 26.2 Å². The molecule has 2 aliphatic heterocycles. The molecule has 2 saturated heterocycles. The Morgan fingerprint density at radius 1 is 1.19 bits per heavy atom. The molecule has 7 nitrogen and oxygen atoms in total. The van der Waals surface area contributed by atoms with Gasteiger partial charge in [-0.1, -0.05) is 6.07 Å². The van der Waals surface area contributed by atoms with Crippen LogP contribution in [-0.2, 0) is 18.4 Å². The molecule has 4 heterocycles. The van der Waals surface area contributed by atoms with E-state index < -0.39 is 0 Å². The Morgan fingerprint density at radius 2 is 2.00 bits per heavy atom. The van der Waals surface area contributed by atoms with Crippen LogP contribution in [0.1, 0.15) is 29.4 Å². The van der Waals surface area contributed by atoms with Gasteiger partial charge in [0.05, 0.1) is 11.7 Å². The van der Waals surface area contributed by atoms with Crippen molar-refractivity contribution < 1.29 is 4.79 Å². The van der Waals surface area contributed by atoms with Crippen molar-refractivity contribution in [3.05, 3.63) is 53.6 Å². The minimum Gasteiger partial charge on any atom is -0.353 e. The standard InChI is InChI=1S/C20H28N6O/c1-15-5-3-7-21-18(15)14-25-9-11-26(12-10-25)20(27)17-13-16(22-23-17)19-6-4-8-24(19)2/h3-8,16-17,22-23H,9-14H2,1-2H3. The fourth-order valence-corrected chi connectivity index (χ4v) is 3.99. The van der Waals surface area contributed by atoms with E-state index >= 15 is 0 Å². The maximum atomic E-state index is 12.9. The highest BCUT2D eigenvalue weighted by molar-refractivity contribution is 5.82. The molecule has 7 heteroatoms. The lowest BCUT2D eigenvalue weighted by molar-refractivity contribution is -0.135. The average molecular weight is 368 g/mol. The number of amides is 1. The summed E-state index contributed by atoms with van der Waals surface area (Å²) >= 11 is 0. The van der Waals surface area contributed by atoms with Crippen LogP contribution in [0.3, 0.4) is 0 Å². The van der Waals surface area contributed by atoms with Gasteiger partial charge in [0.2, 0.25) is 5.91 Å². The second kappa shape index (κ2) is 7.80. The monoisotopic (exact) mass is 368 g/mol. The molecule has 2 aliphatic rings. The van der Waals surface area contributed by atoms with Crippen molar-refractivity contribution in [3.8, 4) is 0 Å². The SMILES string of the molecule is Cc1cccnc1CN1CCN(C(=O)C2CC(c3cccn3C)NN2)CC1. The first-order valence-corrected chi connectivity index (χ1v) is 9.66. The molecule has 0 aliphatic carbocycles. The van der Waals surface area contributed by atoms with Gasteiger partial charge in [0, 0.05) is 57.9 Å². The van der Waals surface area contributed by atoms with E-state index in [0.29, 0.717) is 0 Å². The largest absolute Gasteiger partial charge is 0.353 e. The van der Waals surface area contributed by atoms with Crippen LogP contribution in [0.2, 0.25) is 0 Å². The number of piperazine rings is 1. The fraction of sp³-hybridized carbons (Fsp3) is 0.500. The summed E-state index contributed by atoms with van der Waals surface area (Å²) in [7, 11) is 2.04. The highest BCUT2D eigenvalue weighted by Gasteiger charge is 2.34. The smallest absolute Gasteiger partial charge is 0.241 e. The third kappa shape index (κ3) is 3.90. The van der Waals surface area contributed by atoms with Crippen LogP contribution in [-0.4, -0.2) is 57.5 Å². The summed E-state index contributed by atoms with van der Waals surface area (Å²) in [6, 6.07) is 8.23. The van der Waals surface area contributed by atoms with E-state index in [4.69, 9.17) is 0 Å². The molecule has 2 aromatic heterocycles. The Bertz CT molecular complexity index is 795. The highest BCUT2D eigenvalue weighted by atomic mass is 16.2.